The molecule has 2 nitrogen and oxygen atoms in total. The molecule has 0 atom stereocenters. The van der Waals surface area contributed by atoms with E-state index in [-0.39, 0.29) is 5.82 Å². The highest BCUT2D eigenvalue weighted by molar-refractivity contribution is 5.39. The molecule has 0 heterocycles. The molecule has 0 spiro atoms. The molecule has 0 unspecified atom stereocenters. The van der Waals surface area contributed by atoms with Gasteiger partial charge in [0.2, 0.25) is 0 Å². The summed E-state index contributed by atoms with van der Waals surface area (Å²) in [4.78, 5) is 2.46. The van der Waals surface area contributed by atoms with Crippen LogP contribution >= 0.6 is 0 Å². The predicted octanol–water partition coefficient (Wildman–Crippen LogP) is 3.57. The Hall–Kier alpha value is -1.87. The number of halogens is 1. The van der Waals surface area contributed by atoms with Crippen LogP contribution in [0.1, 0.15) is 24.0 Å². The maximum Gasteiger partial charge on any atom is 0.123 e. The van der Waals surface area contributed by atoms with Crippen molar-refractivity contribution in [3.8, 4) is 0 Å². The quantitative estimate of drug-likeness (QED) is 0.842. The Kier molecular flexibility index (Phi) is 3.70. The first-order valence-corrected chi connectivity index (χ1v) is 7.03. The third kappa shape index (κ3) is 3.36. The first-order chi connectivity index (χ1) is 9.70. The number of hydrogen-bond donors (Lipinski definition) is 1. The van der Waals surface area contributed by atoms with Crippen LogP contribution in [-0.2, 0) is 13.1 Å². The van der Waals surface area contributed by atoms with Gasteiger partial charge in [-0.15, -0.1) is 0 Å². The summed E-state index contributed by atoms with van der Waals surface area (Å²) in [5, 5.41) is 0. The van der Waals surface area contributed by atoms with Crippen LogP contribution in [0, 0.1) is 5.82 Å². The number of anilines is 1. The summed E-state index contributed by atoms with van der Waals surface area (Å²) in [5.41, 5.74) is 8.95. The molecule has 1 fully saturated rings. The highest BCUT2D eigenvalue weighted by atomic mass is 19.1. The van der Waals surface area contributed by atoms with E-state index in [1.165, 1.54) is 30.5 Å². The highest BCUT2D eigenvalue weighted by Crippen LogP contribution is 2.30. The van der Waals surface area contributed by atoms with E-state index in [0.29, 0.717) is 6.04 Å². The predicted molar refractivity (Wildman–Crippen MR) is 79.5 cm³/mol. The van der Waals surface area contributed by atoms with Gasteiger partial charge in [0.1, 0.15) is 5.82 Å². The Morgan fingerprint density at radius 2 is 1.40 bits per heavy atom. The van der Waals surface area contributed by atoms with Crippen LogP contribution in [0.15, 0.2) is 48.5 Å². The number of nitrogens with two attached hydrogens (primary N) is 1. The summed E-state index contributed by atoms with van der Waals surface area (Å²) in [6.45, 7) is 1.79. The van der Waals surface area contributed by atoms with Gasteiger partial charge in [0, 0.05) is 24.8 Å². The Labute approximate surface area is 119 Å². The van der Waals surface area contributed by atoms with Crippen molar-refractivity contribution in [2.45, 2.75) is 32.0 Å². The molecule has 3 heteroatoms. The highest BCUT2D eigenvalue weighted by Gasteiger charge is 2.28. The van der Waals surface area contributed by atoms with Crippen molar-refractivity contribution in [3.05, 3.63) is 65.5 Å². The zero-order chi connectivity index (χ0) is 13.9. The second-order valence-corrected chi connectivity index (χ2v) is 5.50. The summed E-state index contributed by atoms with van der Waals surface area (Å²) in [6, 6.07) is 15.5. The van der Waals surface area contributed by atoms with Gasteiger partial charge in [-0.1, -0.05) is 24.3 Å². The summed E-state index contributed by atoms with van der Waals surface area (Å²) < 4.78 is 13.0. The fraction of sp³-hybridized carbons (Fsp3) is 0.294. The van der Waals surface area contributed by atoms with E-state index in [2.05, 4.69) is 17.0 Å². The molecule has 1 aliphatic rings. The van der Waals surface area contributed by atoms with E-state index in [4.69, 9.17) is 5.73 Å². The number of rotatable bonds is 5. The molecule has 0 amide bonds. The molecule has 0 radical (unpaired) electrons. The van der Waals surface area contributed by atoms with Gasteiger partial charge in [0.05, 0.1) is 0 Å². The molecule has 2 aromatic carbocycles. The maximum atomic E-state index is 13.0. The van der Waals surface area contributed by atoms with Crippen molar-refractivity contribution in [2.24, 2.45) is 0 Å². The summed E-state index contributed by atoms with van der Waals surface area (Å²) in [7, 11) is 0. The van der Waals surface area contributed by atoms with Crippen LogP contribution in [-0.4, -0.2) is 10.9 Å². The van der Waals surface area contributed by atoms with Crippen molar-refractivity contribution in [2.75, 3.05) is 5.73 Å². The minimum absolute atomic E-state index is 0.176. The standard InChI is InChI=1S/C17H19FN2/c18-15-5-1-13(2-6-15)11-20(17-9-10-17)12-14-3-7-16(19)8-4-14/h1-8,17H,9-12,19H2. The van der Waals surface area contributed by atoms with Gasteiger partial charge in [-0.2, -0.15) is 0 Å². The molecule has 2 aromatic rings. The number of nitrogen functional groups attached to an aromatic ring is 1. The molecule has 0 saturated heterocycles. The smallest absolute Gasteiger partial charge is 0.123 e. The summed E-state index contributed by atoms with van der Waals surface area (Å²) in [6.07, 6.45) is 2.52. The average Bonchev–Trinajstić information content (AvgIpc) is 3.27. The third-order valence-electron chi connectivity index (χ3n) is 3.73. The molecular formula is C17H19FN2. The SMILES string of the molecule is Nc1ccc(CN(Cc2ccc(F)cc2)C2CC2)cc1. The fourth-order valence-corrected chi connectivity index (χ4v) is 2.44. The van der Waals surface area contributed by atoms with Gasteiger partial charge in [-0.05, 0) is 48.2 Å². The molecule has 2 N–H and O–H groups in total. The van der Waals surface area contributed by atoms with Crippen molar-refractivity contribution >= 4 is 5.69 Å². The number of nitrogens with zero attached hydrogens (tertiary/aromatic N) is 1. The summed E-state index contributed by atoms with van der Waals surface area (Å²) >= 11 is 0. The first kappa shape index (κ1) is 13.1. The molecule has 0 bridgehead atoms. The second kappa shape index (κ2) is 5.63. The first-order valence-electron chi connectivity index (χ1n) is 7.03. The third-order valence-corrected chi connectivity index (χ3v) is 3.73. The van der Waals surface area contributed by atoms with Crippen molar-refractivity contribution in [1.29, 1.82) is 0 Å². The van der Waals surface area contributed by atoms with Gasteiger partial charge in [0.15, 0.2) is 0 Å². The molecule has 20 heavy (non-hydrogen) atoms. The van der Waals surface area contributed by atoms with Crippen LogP contribution in [0.25, 0.3) is 0 Å². The lowest BCUT2D eigenvalue weighted by molar-refractivity contribution is 0.245. The van der Waals surface area contributed by atoms with Gasteiger partial charge < -0.3 is 5.73 Å². The van der Waals surface area contributed by atoms with Gasteiger partial charge in [0.25, 0.3) is 0 Å². The molecule has 0 aromatic heterocycles. The largest absolute Gasteiger partial charge is 0.399 e. The second-order valence-electron chi connectivity index (χ2n) is 5.50. The maximum absolute atomic E-state index is 13.0. The topological polar surface area (TPSA) is 29.3 Å². The lowest BCUT2D eigenvalue weighted by Gasteiger charge is -2.22. The molecule has 0 aliphatic heterocycles. The van der Waals surface area contributed by atoms with Crippen LogP contribution in [0.2, 0.25) is 0 Å². The van der Waals surface area contributed by atoms with Crippen LogP contribution < -0.4 is 5.73 Å². The van der Waals surface area contributed by atoms with Gasteiger partial charge >= 0.3 is 0 Å². The Balaban J connectivity index is 1.69. The van der Waals surface area contributed by atoms with E-state index >= 15 is 0 Å². The zero-order valence-corrected chi connectivity index (χ0v) is 11.4. The average molecular weight is 270 g/mol. The van der Waals surface area contributed by atoms with E-state index in [1.807, 2.05) is 24.3 Å². The lowest BCUT2D eigenvalue weighted by atomic mass is 10.1. The van der Waals surface area contributed by atoms with Gasteiger partial charge in [-0.25, -0.2) is 4.39 Å². The molecule has 104 valence electrons. The van der Waals surface area contributed by atoms with Crippen molar-refractivity contribution < 1.29 is 4.39 Å². The van der Waals surface area contributed by atoms with Gasteiger partial charge in [-0.3, -0.25) is 4.90 Å². The number of hydrogen-bond acceptors (Lipinski definition) is 2. The number of benzene rings is 2. The van der Waals surface area contributed by atoms with Crippen LogP contribution in [0.5, 0.6) is 0 Å². The van der Waals surface area contributed by atoms with Crippen LogP contribution in [0.3, 0.4) is 0 Å². The fourth-order valence-electron chi connectivity index (χ4n) is 2.44. The molecule has 1 aliphatic carbocycles. The Bertz CT molecular complexity index is 511. The Morgan fingerprint density at radius 3 is 1.90 bits per heavy atom. The Morgan fingerprint density at radius 1 is 0.900 bits per heavy atom. The van der Waals surface area contributed by atoms with Crippen molar-refractivity contribution in [3.63, 3.8) is 0 Å². The van der Waals surface area contributed by atoms with E-state index in [0.717, 1.165) is 24.3 Å². The molecular weight excluding hydrogens is 251 g/mol. The lowest BCUT2D eigenvalue weighted by Crippen LogP contribution is -2.25. The van der Waals surface area contributed by atoms with E-state index in [9.17, 15) is 4.39 Å². The molecule has 1 saturated carbocycles. The summed E-state index contributed by atoms with van der Waals surface area (Å²) in [5.74, 6) is -0.176. The minimum atomic E-state index is -0.176. The van der Waals surface area contributed by atoms with E-state index < -0.39 is 0 Å². The normalized spacial score (nSPS) is 14.7. The molecule has 3 rings (SSSR count). The van der Waals surface area contributed by atoms with E-state index in [1.54, 1.807) is 0 Å². The minimum Gasteiger partial charge on any atom is -0.399 e. The monoisotopic (exact) mass is 270 g/mol. The van der Waals surface area contributed by atoms with Crippen LogP contribution in [0.4, 0.5) is 10.1 Å². The zero-order valence-electron chi connectivity index (χ0n) is 11.4. The van der Waals surface area contributed by atoms with Crippen molar-refractivity contribution in [1.82, 2.24) is 4.90 Å².